The SMILES string of the molecule is COc1ccc(/C=C/CC(=O)NCCCNCCCc2ccc(OC)c(OC)c2)cc1. The first-order chi connectivity index (χ1) is 15.2. The Bertz CT molecular complexity index is 819. The molecule has 0 unspecified atom stereocenters. The minimum absolute atomic E-state index is 0.0400. The van der Waals surface area contributed by atoms with Crippen molar-refractivity contribution in [2.24, 2.45) is 0 Å². The number of aryl methyl sites for hydroxylation is 1. The van der Waals surface area contributed by atoms with E-state index in [9.17, 15) is 4.79 Å². The maximum atomic E-state index is 11.9. The van der Waals surface area contributed by atoms with Crippen LogP contribution in [0.15, 0.2) is 48.5 Å². The van der Waals surface area contributed by atoms with Gasteiger partial charge >= 0.3 is 0 Å². The van der Waals surface area contributed by atoms with Gasteiger partial charge in [-0.15, -0.1) is 0 Å². The van der Waals surface area contributed by atoms with E-state index in [1.165, 1.54) is 5.56 Å². The summed E-state index contributed by atoms with van der Waals surface area (Å²) in [6.07, 6.45) is 7.13. The van der Waals surface area contributed by atoms with Gasteiger partial charge in [-0.25, -0.2) is 0 Å². The average Bonchev–Trinajstić information content (AvgIpc) is 2.81. The number of rotatable bonds is 14. The molecule has 2 N–H and O–H groups in total. The summed E-state index contributed by atoms with van der Waals surface area (Å²) in [5.74, 6) is 2.38. The molecule has 0 aliphatic carbocycles. The van der Waals surface area contributed by atoms with Crippen molar-refractivity contribution in [1.82, 2.24) is 10.6 Å². The third-order valence-corrected chi connectivity index (χ3v) is 4.85. The highest BCUT2D eigenvalue weighted by atomic mass is 16.5. The molecule has 2 aromatic rings. The van der Waals surface area contributed by atoms with Crippen LogP contribution in [0.25, 0.3) is 6.08 Å². The van der Waals surface area contributed by atoms with Gasteiger partial charge in [0.2, 0.25) is 5.91 Å². The van der Waals surface area contributed by atoms with Crippen LogP contribution in [0.4, 0.5) is 0 Å². The van der Waals surface area contributed by atoms with E-state index in [4.69, 9.17) is 14.2 Å². The van der Waals surface area contributed by atoms with E-state index in [-0.39, 0.29) is 5.91 Å². The molecule has 0 aromatic heterocycles. The molecule has 0 aliphatic heterocycles. The van der Waals surface area contributed by atoms with Crippen molar-refractivity contribution in [2.45, 2.75) is 25.7 Å². The summed E-state index contributed by atoms with van der Waals surface area (Å²) in [5, 5.41) is 6.37. The summed E-state index contributed by atoms with van der Waals surface area (Å²) < 4.78 is 15.7. The van der Waals surface area contributed by atoms with Crippen molar-refractivity contribution >= 4 is 12.0 Å². The van der Waals surface area contributed by atoms with E-state index in [1.807, 2.05) is 48.6 Å². The van der Waals surface area contributed by atoms with E-state index in [0.29, 0.717) is 13.0 Å². The summed E-state index contributed by atoms with van der Waals surface area (Å²) in [4.78, 5) is 11.9. The summed E-state index contributed by atoms with van der Waals surface area (Å²) >= 11 is 0. The van der Waals surface area contributed by atoms with Crippen molar-refractivity contribution in [3.05, 3.63) is 59.7 Å². The molecule has 0 saturated heterocycles. The van der Waals surface area contributed by atoms with Gasteiger partial charge < -0.3 is 24.8 Å². The van der Waals surface area contributed by atoms with Crippen molar-refractivity contribution in [1.29, 1.82) is 0 Å². The number of ether oxygens (including phenoxy) is 3. The highest BCUT2D eigenvalue weighted by Gasteiger charge is 2.04. The number of methoxy groups -OCH3 is 3. The van der Waals surface area contributed by atoms with Crippen molar-refractivity contribution in [3.63, 3.8) is 0 Å². The summed E-state index contributed by atoms with van der Waals surface area (Å²) in [6.45, 7) is 2.50. The molecule has 2 aromatic carbocycles. The Balaban J connectivity index is 1.51. The molecule has 6 nitrogen and oxygen atoms in total. The number of benzene rings is 2. The van der Waals surface area contributed by atoms with Crippen LogP contribution in [-0.2, 0) is 11.2 Å². The molecule has 0 fully saturated rings. The zero-order valence-electron chi connectivity index (χ0n) is 18.8. The lowest BCUT2D eigenvalue weighted by Gasteiger charge is -2.10. The lowest BCUT2D eigenvalue weighted by Crippen LogP contribution is -2.27. The van der Waals surface area contributed by atoms with Crippen LogP contribution in [0.2, 0.25) is 0 Å². The normalized spacial score (nSPS) is 10.8. The van der Waals surface area contributed by atoms with E-state index < -0.39 is 0 Å². The molecule has 1 amide bonds. The first kappa shape index (κ1) is 24.3. The van der Waals surface area contributed by atoms with Crippen molar-refractivity contribution < 1.29 is 19.0 Å². The predicted molar refractivity (Wildman–Crippen MR) is 125 cm³/mol. The molecule has 6 heteroatoms. The monoisotopic (exact) mass is 426 g/mol. The quantitative estimate of drug-likeness (QED) is 0.449. The first-order valence-corrected chi connectivity index (χ1v) is 10.6. The van der Waals surface area contributed by atoms with Crippen molar-refractivity contribution in [2.75, 3.05) is 41.0 Å². The third-order valence-electron chi connectivity index (χ3n) is 4.85. The number of carbonyl (C=O) groups excluding carboxylic acids is 1. The lowest BCUT2D eigenvalue weighted by atomic mass is 10.1. The largest absolute Gasteiger partial charge is 0.497 e. The zero-order valence-corrected chi connectivity index (χ0v) is 18.8. The van der Waals surface area contributed by atoms with Gasteiger partial charge in [-0.2, -0.15) is 0 Å². The van der Waals surface area contributed by atoms with Crippen LogP contribution in [0.1, 0.15) is 30.4 Å². The smallest absolute Gasteiger partial charge is 0.223 e. The Labute approximate surface area is 185 Å². The van der Waals surface area contributed by atoms with Gasteiger partial charge in [-0.05, 0) is 67.7 Å². The Morgan fingerprint density at radius 1 is 0.871 bits per heavy atom. The minimum Gasteiger partial charge on any atom is -0.497 e. The summed E-state index contributed by atoms with van der Waals surface area (Å²) in [5.41, 5.74) is 2.28. The lowest BCUT2D eigenvalue weighted by molar-refractivity contribution is -0.120. The van der Waals surface area contributed by atoms with Gasteiger partial charge in [-0.3, -0.25) is 4.79 Å². The minimum atomic E-state index is 0.0400. The average molecular weight is 427 g/mol. The Morgan fingerprint density at radius 3 is 2.32 bits per heavy atom. The number of hydrogen-bond acceptors (Lipinski definition) is 5. The molecule has 0 spiro atoms. The number of hydrogen-bond donors (Lipinski definition) is 2. The van der Waals surface area contributed by atoms with Crippen LogP contribution in [0.5, 0.6) is 17.2 Å². The third kappa shape index (κ3) is 9.13. The predicted octanol–water partition coefficient (Wildman–Crippen LogP) is 3.84. The molecule has 0 bridgehead atoms. The first-order valence-electron chi connectivity index (χ1n) is 10.6. The maximum absolute atomic E-state index is 11.9. The van der Waals surface area contributed by atoms with E-state index in [2.05, 4.69) is 16.7 Å². The second kappa shape index (κ2) is 14.1. The fourth-order valence-corrected chi connectivity index (χ4v) is 3.11. The fourth-order valence-electron chi connectivity index (χ4n) is 3.11. The van der Waals surface area contributed by atoms with Crippen molar-refractivity contribution in [3.8, 4) is 17.2 Å². The fraction of sp³-hybridized carbons (Fsp3) is 0.400. The second-order valence-corrected chi connectivity index (χ2v) is 7.13. The molecule has 0 saturated carbocycles. The molecule has 31 heavy (non-hydrogen) atoms. The molecule has 2 rings (SSSR count). The van der Waals surface area contributed by atoms with Crippen LogP contribution in [0.3, 0.4) is 0 Å². The van der Waals surface area contributed by atoms with Crippen LogP contribution >= 0.6 is 0 Å². The van der Waals surface area contributed by atoms with E-state index >= 15 is 0 Å². The molecule has 0 aliphatic rings. The van der Waals surface area contributed by atoms with Crippen LogP contribution < -0.4 is 24.8 Å². The zero-order chi connectivity index (χ0) is 22.3. The van der Waals surface area contributed by atoms with Crippen LogP contribution in [0, 0.1) is 0 Å². The molecule has 0 heterocycles. The molecular formula is C25H34N2O4. The molecule has 168 valence electrons. The topological polar surface area (TPSA) is 68.8 Å². The summed E-state index contributed by atoms with van der Waals surface area (Å²) in [7, 11) is 4.94. The van der Waals surface area contributed by atoms with Crippen LogP contribution in [-0.4, -0.2) is 46.9 Å². The molecule has 0 atom stereocenters. The Morgan fingerprint density at radius 2 is 1.61 bits per heavy atom. The standard InChI is InChI=1S/C25H34N2O4/c1-29-22-13-10-20(11-14-22)7-4-9-25(28)27-18-6-17-26-16-5-8-21-12-15-23(30-2)24(19-21)31-3/h4,7,10-15,19,26H,5-6,8-9,16-18H2,1-3H3,(H,27,28)/b7-4+. The highest BCUT2D eigenvalue weighted by Crippen LogP contribution is 2.27. The van der Waals surface area contributed by atoms with Gasteiger partial charge in [0.05, 0.1) is 21.3 Å². The van der Waals surface area contributed by atoms with Gasteiger partial charge in [-0.1, -0.05) is 30.4 Å². The molecule has 0 radical (unpaired) electrons. The Kier molecular flexibility index (Phi) is 11.0. The second-order valence-electron chi connectivity index (χ2n) is 7.13. The maximum Gasteiger partial charge on any atom is 0.223 e. The highest BCUT2D eigenvalue weighted by molar-refractivity contribution is 5.78. The van der Waals surface area contributed by atoms with Gasteiger partial charge in [0, 0.05) is 13.0 Å². The van der Waals surface area contributed by atoms with E-state index in [1.54, 1.807) is 21.3 Å². The number of carbonyl (C=O) groups is 1. The number of nitrogens with one attached hydrogen (secondary N) is 2. The van der Waals surface area contributed by atoms with Gasteiger partial charge in [0.1, 0.15) is 5.75 Å². The van der Waals surface area contributed by atoms with Gasteiger partial charge in [0.25, 0.3) is 0 Å². The van der Waals surface area contributed by atoms with Gasteiger partial charge in [0.15, 0.2) is 11.5 Å². The summed E-state index contributed by atoms with van der Waals surface area (Å²) in [6, 6.07) is 13.8. The number of amides is 1. The molecular weight excluding hydrogens is 392 g/mol. The van der Waals surface area contributed by atoms with E-state index in [0.717, 1.165) is 55.2 Å². The Hall–Kier alpha value is -2.99.